The topological polar surface area (TPSA) is 65.4 Å². The number of thiophene rings is 1. The van der Waals surface area contributed by atoms with Gasteiger partial charge in [0, 0.05) is 27.9 Å². The summed E-state index contributed by atoms with van der Waals surface area (Å²) < 4.78 is 34.0. The second-order valence-corrected chi connectivity index (χ2v) is 9.28. The molecule has 1 N–H and O–H groups in total. The van der Waals surface area contributed by atoms with Crippen molar-refractivity contribution in [1.29, 1.82) is 5.26 Å². The maximum Gasteiger partial charge on any atom is 0.207 e. The minimum absolute atomic E-state index is 0.0205. The highest BCUT2D eigenvalue weighted by molar-refractivity contribution is 7.16. The molecule has 0 bridgehead atoms. The van der Waals surface area contributed by atoms with Gasteiger partial charge in [-0.05, 0) is 80.9 Å². The second kappa shape index (κ2) is 11.7. The van der Waals surface area contributed by atoms with Crippen LogP contribution in [0.2, 0.25) is 0 Å². The lowest BCUT2D eigenvalue weighted by Gasteiger charge is -2.23. The largest absolute Gasteiger partial charge is 0.494 e. The van der Waals surface area contributed by atoms with Gasteiger partial charge in [0.2, 0.25) is 6.41 Å². The number of halogens is 2. The summed E-state index contributed by atoms with van der Waals surface area (Å²) in [6.45, 7) is 0.615. The van der Waals surface area contributed by atoms with E-state index in [1.807, 2.05) is 26.2 Å². The number of hydrogen-bond acceptors (Lipinski definition) is 5. The molecule has 0 saturated carbocycles. The molecule has 5 nitrogen and oxygen atoms in total. The molecule has 1 amide bonds. The monoisotopic (exact) mass is 483 g/mol. The molecule has 34 heavy (non-hydrogen) atoms. The molecule has 0 aliphatic carbocycles. The summed E-state index contributed by atoms with van der Waals surface area (Å²) in [5.41, 5.74) is 2.06. The lowest BCUT2D eigenvalue weighted by atomic mass is 9.99. The van der Waals surface area contributed by atoms with Gasteiger partial charge in [-0.3, -0.25) is 4.79 Å². The number of nitrogens with zero attached hydrogens (tertiary/aromatic N) is 2. The molecule has 178 valence electrons. The average molecular weight is 484 g/mol. The zero-order valence-corrected chi connectivity index (χ0v) is 20.2. The van der Waals surface area contributed by atoms with Crippen molar-refractivity contribution in [3.05, 3.63) is 64.5 Å². The number of nitrogens with one attached hydrogen (secondary N) is 1. The van der Waals surface area contributed by atoms with Gasteiger partial charge in [0.15, 0.2) is 11.6 Å². The lowest BCUT2D eigenvalue weighted by Crippen LogP contribution is -2.30. The van der Waals surface area contributed by atoms with Gasteiger partial charge in [0.25, 0.3) is 0 Å². The van der Waals surface area contributed by atoms with E-state index in [2.05, 4.69) is 10.2 Å². The average Bonchev–Trinajstić information content (AvgIpc) is 3.24. The van der Waals surface area contributed by atoms with Gasteiger partial charge in [-0.25, -0.2) is 8.78 Å². The van der Waals surface area contributed by atoms with Crippen molar-refractivity contribution in [3.63, 3.8) is 0 Å². The molecule has 0 aliphatic rings. The predicted octanol–water partition coefficient (Wildman–Crippen LogP) is 5.24. The third-order valence-corrected chi connectivity index (χ3v) is 6.91. The molecule has 1 atom stereocenters. The van der Waals surface area contributed by atoms with E-state index in [0.29, 0.717) is 24.1 Å². The molecular weight excluding hydrogens is 456 g/mol. The fraction of sp³-hybridized carbons (Fsp3) is 0.308. The molecule has 2 aromatic carbocycles. The maximum atomic E-state index is 14.5. The van der Waals surface area contributed by atoms with Crippen LogP contribution in [0.25, 0.3) is 21.6 Å². The molecular formula is C26H27F2N3O2S. The zero-order valence-electron chi connectivity index (χ0n) is 19.4. The van der Waals surface area contributed by atoms with E-state index in [1.165, 1.54) is 25.3 Å². The van der Waals surface area contributed by atoms with E-state index in [9.17, 15) is 13.6 Å². The predicted molar refractivity (Wildman–Crippen MR) is 131 cm³/mol. The van der Waals surface area contributed by atoms with E-state index in [-0.39, 0.29) is 17.4 Å². The minimum atomic E-state index is -0.589. The fourth-order valence-corrected chi connectivity index (χ4v) is 5.07. The van der Waals surface area contributed by atoms with E-state index in [1.54, 1.807) is 29.5 Å². The van der Waals surface area contributed by atoms with Crippen LogP contribution < -0.4 is 10.1 Å². The number of amides is 1. The Morgan fingerprint density at radius 3 is 2.50 bits per heavy atom. The summed E-state index contributed by atoms with van der Waals surface area (Å²) in [7, 11) is 5.45. The SMILES string of the molecule is COc1ccc(-c2sc(CC(CCCNC=O)N(C)C)cc2-c2ccc(C#N)c(F)c2)cc1F. The summed E-state index contributed by atoms with van der Waals surface area (Å²) in [4.78, 5) is 14.6. The van der Waals surface area contributed by atoms with E-state index >= 15 is 0 Å². The van der Waals surface area contributed by atoms with Crippen LogP contribution in [0.5, 0.6) is 5.75 Å². The highest BCUT2D eigenvalue weighted by atomic mass is 32.1. The van der Waals surface area contributed by atoms with Gasteiger partial charge in [-0.15, -0.1) is 11.3 Å². The Morgan fingerprint density at radius 2 is 1.88 bits per heavy atom. The normalized spacial score (nSPS) is 11.8. The van der Waals surface area contributed by atoms with E-state index < -0.39 is 11.6 Å². The van der Waals surface area contributed by atoms with Gasteiger partial charge in [-0.1, -0.05) is 6.07 Å². The first kappa shape index (κ1) is 25.3. The van der Waals surface area contributed by atoms with Crippen LogP contribution in [-0.2, 0) is 11.2 Å². The van der Waals surface area contributed by atoms with Crippen molar-refractivity contribution < 1.29 is 18.3 Å². The van der Waals surface area contributed by atoms with Gasteiger partial charge in [0.1, 0.15) is 11.9 Å². The Bertz CT molecular complexity index is 1190. The highest BCUT2D eigenvalue weighted by Crippen LogP contribution is 2.41. The Labute approximate surface area is 202 Å². The van der Waals surface area contributed by atoms with Crippen molar-refractivity contribution in [2.45, 2.75) is 25.3 Å². The molecule has 3 rings (SSSR count). The third kappa shape index (κ3) is 5.99. The van der Waals surface area contributed by atoms with Crippen LogP contribution in [0, 0.1) is 23.0 Å². The lowest BCUT2D eigenvalue weighted by molar-refractivity contribution is -0.109. The third-order valence-electron chi connectivity index (χ3n) is 5.71. The molecule has 0 aliphatic heterocycles. The molecule has 0 saturated heterocycles. The second-order valence-electron chi connectivity index (χ2n) is 8.15. The van der Waals surface area contributed by atoms with Crippen LogP contribution in [0.4, 0.5) is 8.78 Å². The van der Waals surface area contributed by atoms with Crippen molar-refractivity contribution in [2.24, 2.45) is 0 Å². The van der Waals surface area contributed by atoms with Crippen molar-refractivity contribution in [3.8, 4) is 33.4 Å². The van der Waals surface area contributed by atoms with Gasteiger partial charge >= 0.3 is 0 Å². The number of carbonyl (C=O) groups excluding carboxylic acids is 1. The molecule has 1 heterocycles. The molecule has 0 radical (unpaired) electrons. The first-order chi connectivity index (χ1) is 16.4. The van der Waals surface area contributed by atoms with Crippen LogP contribution in [0.15, 0.2) is 42.5 Å². The smallest absolute Gasteiger partial charge is 0.207 e. The van der Waals surface area contributed by atoms with E-state index in [4.69, 9.17) is 10.00 Å². The number of nitriles is 1. The first-order valence-corrected chi connectivity index (χ1v) is 11.7. The van der Waals surface area contributed by atoms with Crippen LogP contribution in [-0.4, -0.2) is 45.1 Å². The van der Waals surface area contributed by atoms with E-state index in [0.717, 1.165) is 34.6 Å². The number of benzene rings is 2. The number of methoxy groups -OCH3 is 1. The van der Waals surface area contributed by atoms with Crippen LogP contribution >= 0.6 is 11.3 Å². The van der Waals surface area contributed by atoms with Crippen molar-refractivity contribution in [1.82, 2.24) is 10.2 Å². The highest BCUT2D eigenvalue weighted by Gasteiger charge is 2.19. The quantitative estimate of drug-likeness (QED) is 0.299. The van der Waals surface area contributed by atoms with Gasteiger partial charge in [0.05, 0.1) is 12.7 Å². The minimum Gasteiger partial charge on any atom is -0.494 e. The molecule has 0 spiro atoms. The Hall–Kier alpha value is -3.28. The summed E-state index contributed by atoms with van der Waals surface area (Å²) >= 11 is 1.54. The van der Waals surface area contributed by atoms with Crippen molar-refractivity contribution in [2.75, 3.05) is 27.7 Å². The van der Waals surface area contributed by atoms with Gasteiger partial charge in [-0.2, -0.15) is 5.26 Å². The maximum absolute atomic E-state index is 14.5. The molecule has 1 unspecified atom stereocenters. The number of likely N-dealkylation sites (N-methyl/N-ethyl adjacent to an activating group) is 1. The Kier molecular flexibility index (Phi) is 8.74. The van der Waals surface area contributed by atoms with Crippen LogP contribution in [0.1, 0.15) is 23.3 Å². The molecule has 0 fully saturated rings. The molecule has 8 heteroatoms. The first-order valence-electron chi connectivity index (χ1n) is 10.9. The number of carbonyl (C=O) groups is 1. The summed E-state index contributed by atoms with van der Waals surface area (Å²) in [6.07, 6.45) is 3.19. The molecule has 3 aromatic rings. The van der Waals surface area contributed by atoms with Crippen molar-refractivity contribution >= 4 is 17.7 Å². The standard InChI is InChI=1S/C26H27F2N3O2S/c1-31(2)20(5-4-10-30-16-32)13-21-14-22(17-6-7-19(15-29)23(27)11-17)26(34-21)18-8-9-25(33-3)24(28)12-18/h6-9,11-12,14,16,20H,4-5,10,13H2,1-3H3,(H,30,32). The number of ether oxygens (including phenoxy) is 1. The Balaban J connectivity index is 2.01. The number of hydrogen-bond donors (Lipinski definition) is 1. The summed E-state index contributed by atoms with van der Waals surface area (Å²) in [5, 5.41) is 11.8. The number of rotatable bonds is 11. The molecule has 1 aromatic heterocycles. The Morgan fingerprint density at radius 1 is 1.15 bits per heavy atom. The fourth-order valence-electron chi connectivity index (χ4n) is 3.83. The summed E-state index contributed by atoms with van der Waals surface area (Å²) in [5.74, 6) is -0.905. The van der Waals surface area contributed by atoms with Gasteiger partial charge < -0.3 is 15.0 Å². The zero-order chi connectivity index (χ0) is 24.7. The summed E-state index contributed by atoms with van der Waals surface area (Å²) in [6, 6.07) is 13.4. The van der Waals surface area contributed by atoms with Crippen LogP contribution in [0.3, 0.4) is 0 Å².